The van der Waals surface area contributed by atoms with Crippen molar-refractivity contribution in [1.82, 2.24) is 9.97 Å². The van der Waals surface area contributed by atoms with Gasteiger partial charge >= 0.3 is 0 Å². The van der Waals surface area contributed by atoms with Crippen LogP contribution in [-0.4, -0.2) is 9.97 Å². The molecule has 0 fully saturated rings. The number of hydrogen-bond acceptors (Lipinski definition) is 2. The molecule has 0 aliphatic heterocycles. The zero-order chi connectivity index (χ0) is 13.3. The van der Waals surface area contributed by atoms with Crippen molar-refractivity contribution in [2.75, 3.05) is 0 Å². The van der Waals surface area contributed by atoms with Crippen LogP contribution in [0.2, 0.25) is 0 Å². The van der Waals surface area contributed by atoms with E-state index < -0.39 is 11.6 Å². The lowest BCUT2D eigenvalue weighted by Crippen LogP contribution is -2.16. The van der Waals surface area contributed by atoms with E-state index in [0.717, 1.165) is 12.1 Å². The third kappa shape index (κ3) is 2.43. The quantitative estimate of drug-likeness (QED) is 0.836. The molecular weight excluding hydrogens is 353 g/mol. The fourth-order valence-electron chi connectivity index (χ4n) is 1.52. The molecule has 0 amide bonds. The monoisotopic (exact) mass is 362 g/mol. The molecule has 0 unspecified atom stereocenters. The van der Waals surface area contributed by atoms with Gasteiger partial charge < -0.3 is 4.98 Å². The number of nitrogens with one attached hydrogen (secondary N) is 1. The molecule has 1 aromatic carbocycles. The molecule has 1 heterocycles. The maximum absolute atomic E-state index is 13.1. The molecule has 0 saturated carbocycles. The first-order chi connectivity index (χ1) is 8.52. The molecule has 1 aromatic heterocycles. The van der Waals surface area contributed by atoms with Crippen LogP contribution in [0.5, 0.6) is 0 Å². The highest BCUT2D eigenvalue weighted by Crippen LogP contribution is 2.18. The molecule has 2 aromatic rings. The Morgan fingerprint density at radius 1 is 1.33 bits per heavy atom. The lowest BCUT2D eigenvalue weighted by molar-refractivity contribution is 0.509. The van der Waals surface area contributed by atoms with Gasteiger partial charge in [-0.25, -0.2) is 13.8 Å². The fraction of sp³-hybridized carbons (Fsp3) is 0.167. The van der Waals surface area contributed by atoms with E-state index in [1.165, 1.54) is 6.07 Å². The zero-order valence-electron chi connectivity index (χ0n) is 9.43. The van der Waals surface area contributed by atoms with Gasteiger partial charge in [-0.1, -0.05) is 6.92 Å². The molecule has 1 N–H and O–H groups in total. The Bertz CT molecular complexity index is 655. The van der Waals surface area contributed by atoms with Crippen molar-refractivity contribution in [2.24, 2.45) is 0 Å². The van der Waals surface area contributed by atoms with Gasteiger partial charge in [0, 0.05) is 5.56 Å². The second-order valence-electron chi connectivity index (χ2n) is 3.66. The van der Waals surface area contributed by atoms with Crippen LogP contribution in [0.15, 0.2) is 23.0 Å². The Kier molecular flexibility index (Phi) is 3.74. The molecule has 0 spiro atoms. The average molecular weight is 362 g/mol. The molecular formula is C12H9F2IN2O. The third-order valence-corrected chi connectivity index (χ3v) is 3.57. The van der Waals surface area contributed by atoms with Crippen molar-refractivity contribution in [3.8, 4) is 11.4 Å². The van der Waals surface area contributed by atoms with Crippen molar-refractivity contribution in [1.29, 1.82) is 0 Å². The number of halogens is 3. The summed E-state index contributed by atoms with van der Waals surface area (Å²) in [4.78, 5) is 18.5. The van der Waals surface area contributed by atoms with E-state index in [1.807, 2.05) is 29.5 Å². The van der Waals surface area contributed by atoms with Crippen molar-refractivity contribution in [3.63, 3.8) is 0 Å². The molecule has 3 nitrogen and oxygen atoms in total. The normalized spacial score (nSPS) is 10.7. The summed E-state index contributed by atoms with van der Waals surface area (Å²) in [6, 6.07) is 3.40. The van der Waals surface area contributed by atoms with Crippen LogP contribution < -0.4 is 5.56 Å². The van der Waals surface area contributed by atoms with E-state index in [1.54, 1.807) is 0 Å². The second-order valence-corrected chi connectivity index (χ2v) is 4.74. The minimum absolute atomic E-state index is 0.246. The minimum Gasteiger partial charge on any atom is -0.306 e. The third-order valence-electron chi connectivity index (χ3n) is 2.46. The van der Waals surface area contributed by atoms with E-state index >= 15 is 0 Å². The number of rotatable bonds is 2. The summed E-state index contributed by atoms with van der Waals surface area (Å²) in [5.74, 6) is -1.65. The standard InChI is InChI=1S/C12H9F2IN2O/c1-2-9-10(15)12(18)17-11(16-9)6-3-4-7(13)8(14)5-6/h3-5H,2H2,1H3,(H,16,17,18). The molecule has 0 radical (unpaired) electrons. The number of nitrogens with zero attached hydrogens (tertiary/aromatic N) is 1. The summed E-state index contributed by atoms with van der Waals surface area (Å²) in [5.41, 5.74) is 0.707. The highest BCUT2D eigenvalue weighted by molar-refractivity contribution is 14.1. The van der Waals surface area contributed by atoms with Crippen molar-refractivity contribution in [2.45, 2.75) is 13.3 Å². The molecule has 0 aliphatic carbocycles. The van der Waals surface area contributed by atoms with Crippen LogP contribution in [0.25, 0.3) is 11.4 Å². The van der Waals surface area contributed by atoms with Crippen LogP contribution in [-0.2, 0) is 6.42 Å². The number of benzene rings is 1. The molecule has 0 atom stereocenters. The summed E-state index contributed by atoms with van der Waals surface area (Å²) < 4.78 is 26.5. The average Bonchev–Trinajstić information content (AvgIpc) is 2.36. The predicted octanol–water partition coefficient (Wildman–Crippen LogP) is 2.88. The number of aryl methyl sites for hydroxylation is 1. The summed E-state index contributed by atoms with van der Waals surface area (Å²) in [6.45, 7) is 1.87. The molecule has 6 heteroatoms. The Morgan fingerprint density at radius 2 is 2.06 bits per heavy atom. The number of H-pyrrole nitrogens is 1. The van der Waals surface area contributed by atoms with Crippen LogP contribution in [0.1, 0.15) is 12.6 Å². The molecule has 2 rings (SSSR count). The van der Waals surface area contributed by atoms with E-state index in [2.05, 4.69) is 9.97 Å². The molecule has 0 bridgehead atoms. The van der Waals surface area contributed by atoms with Gasteiger partial charge in [-0.05, 0) is 47.2 Å². The molecule has 18 heavy (non-hydrogen) atoms. The SMILES string of the molecule is CCc1nc(-c2ccc(F)c(F)c2)[nH]c(=O)c1I. The first-order valence-electron chi connectivity index (χ1n) is 5.27. The fourth-order valence-corrected chi connectivity index (χ4v) is 2.16. The van der Waals surface area contributed by atoms with Crippen LogP contribution in [0.3, 0.4) is 0 Å². The van der Waals surface area contributed by atoms with Gasteiger partial charge in [0.2, 0.25) is 0 Å². The van der Waals surface area contributed by atoms with Gasteiger partial charge in [-0.15, -0.1) is 0 Å². The Hall–Kier alpha value is -1.31. The summed E-state index contributed by atoms with van der Waals surface area (Å²) in [5, 5.41) is 0. The number of hydrogen-bond donors (Lipinski definition) is 1. The Morgan fingerprint density at radius 3 is 2.67 bits per heavy atom. The van der Waals surface area contributed by atoms with E-state index in [-0.39, 0.29) is 11.4 Å². The number of aromatic amines is 1. The lowest BCUT2D eigenvalue weighted by Gasteiger charge is -2.05. The highest BCUT2D eigenvalue weighted by Gasteiger charge is 2.10. The minimum atomic E-state index is -0.966. The van der Waals surface area contributed by atoms with E-state index in [9.17, 15) is 13.6 Å². The van der Waals surface area contributed by atoms with Gasteiger partial charge in [0.25, 0.3) is 5.56 Å². The van der Waals surface area contributed by atoms with E-state index in [0.29, 0.717) is 21.2 Å². The topological polar surface area (TPSA) is 45.8 Å². The predicted molar refractivity (Wildman–Crippen MR) is 72.3 cm³/mol. The second kappa shape index (κ2) is 5.13. The van der Waals surface area contributed by atoms with Crippen molar-refractivity contribution in [3.05, 3.63) is 49.5 Å². The molecule has 94 valence electrons. The van der Waals surface area contributed by atoms with Gasteiger partial charge in [-0.3, -0.25) is 4.79 Å². The molecule has 0 saturated heterocycles. The Balaban J connectivity index is 2.60. The van der Waals surface area contributed by atoms with Crippen LogP contribution in [0.4, 0.5) is 8.78 Å². The highest BCUT2D eigenvalue weighted by atomic mass is 127. The number of aromatic nitrogens is 2. The maximum Gasteiger partial charge on any atom is 0.264 e. The summed E-state index contributed by atoms with van der Waals surface area (Å²) in [6.07, 6.45) is 0.596. The molecule has 0 aliphatic rings. The summed E-state index contributed by atoms with van der Waals surface area (Å²) in [7, 11) is 0. The van der Waals surface area contributed by atoms with Crippen molar-refractivity contribution >= 4 is 22.6 Å². The van der Waals surface area contributed by atoms with Gasteiger partial charge in [-0.2, -0.15) is 0 Å². The van der Waals surface area contributed by atoms with Crippen LogP contribution in [0, 0.1) is 15.2 Å². The Labute approximate surface area is 115 Å². The first kappa shape index (κ1) is 13.1. The lowest BCUT2D eigenvalue weighted by atomic mass is 10.2. The smallest absolute Gasteiger partial charge is 0.264 e. The van der Waals surface area contributed by atoms with Gasteiger partial charge in [0.15, 0.2) is 11.6 Å². The van der Waals surface area contributed by atoms with Crippen LogP contribution >= 0.6 is 22.6 Å². The first-order valence-corrected chi connectivity index (χ1v) is 6.35. The van der Waals surface area contributed by atoms with Gasteiger partial charge in [0.05, 0.1) is 9.26 Å². The van der Waals surface area contributed by atoms with Crippen molar-refractivity contribution < 1.29 is 8.78 Å². The van der Waals surface area contributed by atoms with E-state index in [4.69, 9.17) is 0 Å². The van der Waals surface area contributed by atoms with Gasteiger partial charge in [0.1, 0.15) is 5.82 Å². The zero-order valence-corrected chi connectivity index (χ0v) is 11.6. The summed E-state index contributed by atoms with van der Waals surface area (Å²) >= 11 is 1.91. The maximum atomic E-state index is 13.1. The largest absolute Gasteiger partial charge is 0.306 e.